The quantitative estimate of drug-likeness (QED) is 0.397. The first kappa shape index (κ1) is 26.1. The Morgan fingerprint density at radius 2 is 0.912 bits per heavy atom. The van der Waals surface area contributed by atoms with Crippen LogP contribution in [0.3, 0.4) is 0 Å². The molecule has 3 aromatic carbocycles. The molecular weight excluding hydrogens is 424 g/mol. The fourth-order valence-corrected chi connectivity index (χ4v) is 4.63. The van der Waals surface area contributed by atoms with Gasteiger partial charge in [-0.2, -0.15) is 0 Å². The minimum absolute atomic E-state index is 0.281. The highest BCUT2D eigenvalue weighted by Gasteiger charge is 2.38. The van der Waals surface area contributed by atoms with Crippen molar-refractivity contribution in [1.82, 2.24) is 0 Å². The fourth-order valence-electron chi connectivity index (χ4n) is 4.63. The molecule has 0 aliphatic carbocycles. The van der Waals surface area contributed by atoms with Crippen molar-refractivity contribution in [2.45, 2.75) is 71.7 Å². The van der Waals surface area contributed by atoms with Crippen molar-refractivity contribution in [2.24, 2.45) is 0 Å². The second-order valence-corrected chi connectivity index (χ2v) is 9.77. The number of hydrogen-bond donors (Lipinski definition) is 4. The molecule has 0 aliphatic heterocycles. The molecule has 3 aromatic rings. The predicted octanol–water partition coefficient (Wildman–Crippen LogP) is 4.53. The zero-order valence-electron chi connectivity index (χ0n) is 21.1. The summed E-state index contributed by atoms with van der Waals surface area (Å²) in [6, 6.07) is 18.7. The van der Waals surface area contributed by atoms with Crippen molar-refractivity contribution in [1.29, 1.82) is 0 Å². The number of benzene rings is 3. The molecule has 0 bridgehead atoms. The maximum absolute atomic E-state index is 11.5. The van der Waals surface area contributed by atoms with Gasteiger partial charge >= 0.3 is 0 Å². The standard InChI is InChI=1S/C30H38O4/c1-17-7-10-23(13-20(17)4)27(24-11-8-18(2)21(5)14-24)28(30(34)29(33)26(32)16-31)25-12-9-19(3)22(6)15-25/h7-15,26-34H,16H2,1-6H3. The van der Waals surface area contributed by atoms with Crippen LogP contribution < -0.4 is 0 Å². The predicted molar refractivity (Wildman–Crippen MR) is 137 cm³/mol. The molecule has 0 spiro atoms. The zero-order valence-corrected chi connectivity index (χ0v) is 21.1. The third-order valence-corrected chi connectivity index (χ3v) is 7.35. The number of rotatable bonds is 8. The average Bonchev–Trinajstić information content (AvgIpc) is 2.81. The number of hydrogen-bond acceptors (Lipinski definition) is 4. The van der Waals surface area contributed by atoms with E-state index in [4.69, 9.17) is 0 Å². The Labute approximate surface area is 203 Å². The van der Waals surface area contributed by atoms with E-state index in [2.05, 4.69) is 70.2 Å². The van der Waals surface area contributed by atoms with Gasteiger partial charge in [-0.15, -0.1) is 0 Å². The summed E-state index contributed by atoms with van der Waals surface area (Å²) in [4.78, 5) is 0. The SMILES string of the molecule is Cc1ccc(C(c2ccc(C)c(C)c2)C(c2ccc(C)c(C)c2)C(O)C(O)C(O)CO)cc1C. The normalized spacial score (nSPS) is 15.3. The lowest BCUT2D eigenvalue weighted by atomic mass is 9.71. The van der Waals surface area contributed by atoms with Crippen molar-refractivity contribution in [3.8, 4) is 0 Å². The second kappa shape index (κ2) is 10.8. The Balaban J connectivity index is 2.29. The van der Waals surface area contributed by atoms with Crippen LogP contribution in [0.4, 0.5) is 0 Å². The maximum atomic E-state index is 11.5. The van der Waals surface area contributed by atoms with Crippen LogP contribution in [0.2, 0.25) is 0 Å². The highest BCUT2D eigenvalue weighted by Crippen LogP contribution is 2.43. The smallest absolute Gasteiger partial charge is 0.109 e. The number of aliphatic hydroxyl groups excluding tert-OH is 4. The van der Waals surface area contributed by atoms with Gasteiger partial charge in [0.25, 0.3) is 0 Å². The number of aryl methyl sites for hydroxylation is 6. The van der Waals surface area contributed by atoms with Crippen molar-refractivity contribution in [3.05, 3.63) is 105 Å². The monoisotopic (exact) mass is 462 g/mol. The van der Waals surface area contributed by atoms with Gasteiger partial charge in [0.05, 0.1) is 12.7 Å². The third kappa shape index (κ3) is 5.42. The molecule has 0 aliphatic rings. The first-order valence-electron chi connectivity index (χ1n) is 11.9. The van der Waals surface area contributed by atoms with E-state index in [9.17, 15) is 20.4 Å². The van der Waals surface area contributed by atoms with E-state index in [1.807, 2.05) is 26.0 Å². The van der Waals surface area contributed by atoms with Gasteiger partial charge in [0.15, 0.2) is 0 Å². The molecule has 0 fully saturated rings. The van der Waals surface area contributed by atoms with Gasteiger partial charge in [-0.25, -0.2) is 0 Å². The summed E-state index contributed by atoms with van der Waals surface area (Å²) < 4.78 is 0. The van der Waals surface area contributed by atoms with Gasteiger partial charge in [-0.1, -0.05) is 54.6 Å². The van der Waals surface area contributed by atoms with Gasteiger partial charge < -0.3 is 20.4 Å². The van der Waals surface area contributed by atoms with Crippen LogP contribution in [-0.2, 0) is 0 Å². The van der Waals surface area contributed by atoms with Crippen LogP contribution in [-0.4, -0.2) is 45.3 Å². The molecule has 182 valence electrons. The van der Waals surface area contributed by atoms with Crippen molar-refractivity contribution in [3.63, 3.8) is 0 Å². The molecule has 4 N–H and O–H groups in total. The fraction of sp³-hybridized carbons (Fsp3) is 0.400. The van der Waals surface area contributed by atoms with Gasteiger partial charge in [-0.3, -0.25) is 0 Å². The average molecular weight is 463 g/mol. The second-order valence-electron chi connectivity index (χ2n) is 9.77. The summed E-state index contributed by atoms with van der Waals surface area (Å²) in [6.45, 7) is 11.7. The summed E-state index contributed by atoms with van der Waals surface area (Å²) in [7, 11) is 0. The van der Waals surface area contributed by atoms with Gasteiger partial charge in [-0.05, 0) is 91.6 Å². The highest BCUT2D eigenvalue weighted by molar-refractivity contribution is 5.45. The molecule has 0 radical (unpaired) electrons. The van der Waals surface area contributed by atoms with Crippen LogP contribution in [0.5, 0.6) is 0 Å². The van der Waals surface area contributed by atoms with Crippen molar-refractivity contribution in [2.75, 3.05) is 6.61 Å². The van der Waals surface area contributed by atoms with Crippen molar-refractivity contribution >= 4 is 0 Å². The van der Waals surface area contributed by atoms with E-state index in [1.54, 1.807) is 0 Å². The number of aliphatic hydroxyl groups is 4. The van der Waals surface area contributed by atoms with Gasteiger partial charge in [0, 0.05) is 11.8 Å². The summed E-state index contributed by atoms with van der Waals surface area (Å²) in [6.07, 6.45) is -4.25. The van der Waals surface area contributed by atoms with Crippen LogP contribution in [0.25, 0.3) is 0 Å². The molecule has 4 unspecified atom stereocenters. The molecule has 4 atom stereocenters. The Hall–Kier alpha value is -2.50. The molecule has 34 heavy (non-hydrogen) atoms. The van der Waals surface area contributed by atoms with E-state index >= 15 is 0 Å². The van der Waals surface area contributed by atoms with E-state index < -0.39 is 30.8 Å². The first-order valence-corrected chi connectivity index (χ1v) is 11.9. The van der Waals surface area contributed by atoms with E-state index in [-0.39, 0.29) is 5.92 Å². The molecule has 0 saturated heterocycles. The molecule has 0 saturated carbocycles. The maximum Gasteiger partial charge on any atom is 0.109 e. The van der Waals surface area contributed by atoms with E-state index in [0.29, 0.717) is 0 Å². The Kier molecular flexibility index (Phi) is 8.32. The highest BCUT2D eigenvalue weighted by atomic mass is 16.4. The first-order chi connectivity index (χ1) is 16.0. The Bertz CT molecular complexity index is 1090. The third-order valence-electron chi connectivity index (χ3n) is 7.35. The van der Waals surface area contributed by atoms with Gasteiger partial charge in [0.1, 0.15) is 12.2 Å². The molecule has 3 rings (SSSR count). The van der Waals surface area contributed by atoms with Crippen molar-refractivity contribution < 1.29 is 20.4 Å². The van der Waals surface area contributed by atoms with Crippen LogP contribution >= 0.6 is 0 Å². The summed E-state index contributed by atoms with van der Waals surface area (Å²) in [5, 5.41) is 42.0. The lowest BCUT2D eigenvalue weighted by molar-refractivity contribution is -0.0857. The largest absolute Gasteiger partial charge is 0.394 e. The molecule has 0 amide bonds. The molecule has 0 heterocycles. The van der Waals surface area contributed by atoms with Gasteiger partial charge in [0.2, 0.25) is 0 Å². The zero-order chi connectivity index (χ0) is 25.2. The van der Waals surface area contributed by atoms with Crippen LogP contribution in [0.1, 0.15) is 61.9 Å². The molecular formula is C30H38O4. The van der Waals surface area contributed by atoms with E-state index in [0.717, 1.165) is 38.9 Å². The Morgan fingerprint density at radius 3 is 1.29 bits per heavy atom. The van der Waals surface area contributed by atoms with Crippen LogP contribution in [0, 0.1) is 41.5 Å². The summed E-state index contributed by atoms with van der Waals surface area (Å²) in [5.74, 6) is -0.837. The van der Waals surface area contributed by atoms with Crippen LogP contribution in [0.15, 0.2) is 54.6 Å². The minimum Gasteiger partial charge on any atom is -0.394 e. The summed E-state index contributed by atoms with van der Waals surface area (Å²) in [5.41, 5.74) is 9.82. The lowest BCUT2D eigenvalue weighted by Crippen LogP contribution is -2.44. The summed E-state index contributed by atoms with van der Waals surface area (Å²) >= 11 is 0. The molecule has 4 heteroatoms. The van der Waals surface area contributed by atoms with E-state index in [1.165, 1.54) is 11.1 Å². The molecule has 4 nitrogen and oxygen atoms in total. The Morgan fingerprint density at radius 1 is 0.529 bits per heavy atom. The lowest BCUT2D eigenvalue weighted by Gasteiger charge is -2.36. The minimum atomic E-state index is -1.50. The topological polar surface area (TPSA) is 80.9 Å². The molecule has 0 aromatic heterocycles.